The van der Waals surface area contributed by atoms with Gasteiger partial charge in [-0.25, -0.2) is 19.2 Å². The molecule has 0 amide bonds. The minimum atomic E-state index is -0.841. The SMILES string of the molecule is COCCOC(=O)C1=C(C)NC(C)=C(C(=O)OC(C)C)C1c1cccc(N=Nc2cccc(C3C(C(=O)OCCOC)=C(C)NC(C)=C3C(=O)OC(C)C)c2)c1. The van der Waals surface area contributed by atoms with Crippen molar-refractivity contribution in [1.29, 1.82) is 0 Å². The van der Waals surface area contributed by atoms with Gasteiger partial charge in [0.15, 0.2) is 0 Å². The number of ether oxygens (including phenoxy) is 6. The van der Waals surface area contributed by atoms with Crippen LogP contribution in [-0.4, -0.2) is 76.7 Å². The summed E-state index contributed by atoms with van der Waals surface area (Å²) in [5, 5.41) is 15.4. The van der Waals surface area contributed by atoms with E-state index in [1.165, 1.54) is 14.2 Å². The minimum Gasteiger partial charge on any atom is -0.460 e. The van der Waals surface area contributed by atoms with Crippen molar-refractivity contribution in [3.05, 3.63) is 105 Å². The second-order valence-electron chi connectivity index (χ2n) is 13.8. The van der Waals surface area contributed by atoms with Crippen molar-refractivity contribution >= 4 is 35.3 Å². The van der Waals surface area contributed by atoms with Gasteiger partial charge in [0.1, 0.15) is 13.2 Å². The van der Waals surface area contributed by atoms with Crippen LogP contribution in [0.25, 0.3) is 0 Å². The van der Waals surface area contributed by atoms with E-state index in [0.29, 0.717) is 45.3 Å². The van der Waals surface area contributed by atoms with E-state index in [-0.39, 0.29) is 48.7 Å². The van der Waals surface area contributed by atoms with Crippen molar-refractivity contribution in [2.75, 3.05) is 40.6 Å². The molecule has 14 nitrogen and oxygen atoms in total. The van der Waals surface area contributed by atoms with Crippen molar-refractivity contribution in [1.82, 2.24) is 10.6 Å². The number of rotatable bonds is 16. The van der Waals surface area contributed by atoms with Gasteiger partial charge in [-0.15, -0.1) is 0 Å². The van der Waals surface area contributed by atoms with Gasteiger partial charge in [0.05, 0.1) is 70.9 Å². The summed E-state index contributed by atoms with van der Waals surface area (Å²) in [4.78, 5) is 54.2. The number of hydrogen-bond donors (Lipinski definition) is 2. The van der Waals surface area contributed by atoms with Gasteiger partial charge in [0, 0.05) is 37.0 Å². The van der Waals surface area contributed by atoms with Crippen molar-refractivity contribution < 1.29 is 47.6 Å². The number of carbonyl (C=O) groups is 4. The lowest BCUT2D eigenvalue weighted by Crippen LogP contribution is -2.33. The van der Waals surface area contributed by atoms with Crippen LogP contribution in [0.15, 0.2) is 104 Å². The third-order valence-electron chi connectivity index (χ3n) is 8.82. The van der Waals surface area contributed by atoms with Gasteiger partial charge in [-0.1, -0.05) is 24.3 Å². The number of allylic oxidation sites excluding steroid dienone is 4. The third-order valence-corrected chi connectivity index (χ3v) is 8.82. The van der Waals surface area contributed by atoms with Crippen LogP contribution >= 0.6 is 0 Å². The molecule has 2 heterocycles. The molecule has 2 unspecified atom stereocenters. The highest BCUT2D eigenvalue weighted by atomic mass is 16.6. The Morgan fingerprint density at radius 2 is 0.893 bits per heavy atom. The monoisotopic (exact) mass is 772 g/mol. The Morgan fingerprint density at radius 1 is 0.554 bits per heavy atom. The van der Waals surface area contributed by atoms with Crippen LogP contribution in [0.3, 0.4) is 0 Å². The van der Waals surface area contributed by atoms with Crippen LogP contribution in [0.1, 0.15) is 78.4 Å². The van der Waals surface area contributed by atoms with E-state index in [9.17, 15) is 19.2 Å². The molecule has 0 bridgehead atoms. The first-order valence-electron chi connectivity index (χ1n) is 18.4. The number of nitrogens with one attached hydrogen (secondary N) is 2. The van der Waals surface area contributed by atoms with Gasteiger partial charge < -0.3 is 39.1 Å². The predicted octanol–water partition coefficient (Wildman–Crippen LogP) is 6.85. The topological polar surface area (TPSA) is 172 Å². The lowest BCUT2D eigenvalue weighted by Gasteiger charge is -2.31. The molecule has 0 spiro atoms. The number of esters is 4. The van der Waals surface area contributed by atoms with Gasteiger partial charge in [-0.05, 0) is 90.8 Å². The maximum absolute atomic E-state index is 13.6. The zero-order chi connectivity index (χ0) is 41.1. The van der Waals surface area contributed by atoms with Crippen molar-refractivity contribution in [2.24, 2.45) is 10.2 Å². The van der Waals surface area contributed by atoms with Crippen LogP contribution in [-0.2, 0) is 47.6 Å². The molecule has 0 fully saturated rings. The fraction of sp³-hybridized carbons (Fsp3) is 0.429. The summed E-state index contributed by atoms with van der Waals surface area (Å²) < 4.78 is 32.4. The van der Waals surface area contributed by atoms with Gasteiger partial charge in [0.2, 0.25) is 0 Å². The molecule has 4 rings (SSSR count). The predicted molar refractivity (Wildman–Crippen MR) is 208 cm³/mol. The van der Waals surface area contributed by atoms with Crippen LogP contribution < -0.4 is 10.6 Å². The van der Waals surface area contributed by atoms with Crippen molar-refractivity contribution in [2.45, 2.75) is 79.4 Å². The molecule has 0 aromatic heterocycles. The highest BCUT2D eigenvalue weighted by Gasteiger charge is 2.40. The van der Waals surface area contributed by atoms with E-state index in [0.717, 1.165) is 0 Å². The molecular formula is C42H52N4O10. The molecule has 2 aromatic rings. The number of nitrogens with zero attached hydrogens (tertiary/aromatic N) is 2. The molecule has 56 heavy (non-hydrogen) atoms. The summed E-state index contributed by atoms with van der Waals surface area (Å²) in [5.41, 5.74) is 5.23. The largest absolute Gasteiger partial charge is 0.460 e. The molecule has 300 valence electrons. The Labute approximate surface area is 328 Å². The smallest absolute Gasteiger partial charge is 0.337 e. The molecule has 0 saturated carbocycles. The fourth-order valence-electron chi connectivity index (χ4n) is 6.53. The van der Waals surface area contributed by atoms with Gasteiger partial charge in [-0.2, -0.15) is 10.2 Å². The van der Waals surface area contributed by atoms with Crippen LogP contribution in [0, 0.1) is 0 Å². The molecule has 2 atom stereocenters. The summed E-state index contributed by atoms with van der Waals surface area (Å²) >= 11 is 0. The molecule has 0 aliphatic carbocycles. The number of benzene rings is 2. The Morgan fingerprint density at radius 3 is 1.21 bits per heavy atom. The molecule has 2 N–H and O–H groups in total. The Balaban J connectivity index is 1.76. The van der Waals surface area contributed by atoms with Crippen LogP contribution in [0.2, 0.25) is 0 Å². The first-order valence-corrected chi connectivity index (χ1v) is 18.4. The molecule has 0 saturated heterocycles. The Bertz CT molecular complexity index is 1830. The van der Waals surface area contributed by atoms with E-state index < -0.39 is 47.9 Å². The molecule has 14 heteroatoms. The Hall–Kier alpha value is -5.60. The maximum Gasteiger partial charge on any atom is 0.337 e. The normalized spacial score (nSPS) is 17.4. The fourth-order valence-corrected chi connectivity index (χ4v) is 6.53. The lowest BCUT2D eigenvalue weighted by molar-refractivity contribution is -0.144. The van der Waals surface area contributed by atoms with E-state index in [1.807, 2.05) is 0 Å². The first-order chi connectivity index (χ1) is 26.7. The van der Waals surface area contributed by atoms with Gasteiger partial charge >= 0.3 is 23.9 Å². The molecule has 0 radical (unpaired) electrons. The number of hydrogen-bond acceptors (Lipinski definition) is 14. The number of carbonyl (C=O) groups excluding carboxylic acids is 4. The number of methoxy groups -OCH3 is 2. The minimum absolute atomic E-state index is 0.0274. The van der Waals surface area contributed by atoms with E-state index in [2.05, 4.69) is 20.9 Å². The van der Waals surface area contributed by atoms with Crippen molar-refractivity contribution in [3.8, 4) is 0 Å². The van der Waals surface area contributed by atoms with E-state index in [1.54, 1.807) is 104 Å². The summed E-state index contributed by atoms with van der Waals surface area (Å²) in [6.45, 7) is 14.5. The van der Waals surface area contributed by atoms with Crippen LogP contribution in [0.4, 0.5) is 11.4 Å². The Kier molecular flexibility index (Phi) is 15.3. The molecule has 2 aromatic carbocycles. The average molecular weight is 773 g/mol. The molecule has 2 aliphatic rings. The second kappa shape index (κ2) is 19.8. The number of dihydropyridines is 2. The highest BCUT2D eigenvalue weighted by Crippen LogP contribution is 2.42. The molecular weight excluding hydrogens is 720 g/mol. The highest BCUT2D eigenvalue weighted by molar-refractivity contribution is 6.01. The van der Waals surface area contributed by atoms with Gasteiger partial charge in [-0.3, -0.25) is 0 Å². The first kappa shape index (κ1) is 43.1. The summed E-state index contributed by atoms with van der Waals surface area (Å²) in [5.74, 6) is -4.03. The van der Waals surface area contributed by atoms with E-state index >= 15 is 0 Å². The molecule has 2 aliphatic heterocycles. The second-order valence-corrected chi connectivity index (χ2v) is 13.8. The van der Waals surface area contributed by atoms with E-state index in [4.69, 9.17) is 28.4 Å². The zero-order valence-electron chi connectivity index (χ0n) is 33.7. The standard InChI is InChI=1S/C42H52N4O10/c1-23(2)55-41(49)35-27(7)43-25(5)33(39(47)53-19-17-51-9)37(35)29-13-11-15-31(21-29)45-46-32-16-12-14-30(22-32)38-34(40(48)54-20-18-52-10)26(6)44-28(8)36(38)42(50)56-24(3)4/h11-16,21-24,37-38,43-44H,17-20H2,1-10H3. The van der Waals surface area contributed by atoms with Gasteiger partial charge in [0.25, 0.3) is 0 Å². The number of azo groups is 1. The van der Waals surface area contributed by atoms with Crippen molar-refractivity contribution in [3.63, 3.8) is 0 Å². The van der Waals surface area contributed by atoms with Crippen LogP contribution in [0.5, 0.6) is 0 Å². The maximum atomic E-state index is 13.6. The summed E-state index contributed by atoms with van der Waals surface area (Å²) in [6, 6.07) is 14.1. The summed E-state index contributed by atoms with van der Waals surface area (Å²) in [6.07, 6.45) is -0.803. The lowest BCUT2D eigenvalue weighted by atomic mass is 9.80. The summed E-state index contributed by atoms with van der Waals surface area (Å²) in [7, 11) is 3.02. The third kappa shape index (κ3) is 10.6. The zero-order valence-corrected chi connectivity index (χ0v) is 33.7. The average Bonchev–Trinajstić information content (AvgIpc) is 3.13. The quantitative estimate of drug-likeness (QED) is 0.0788.